The zero-order valence-corrected chi connectivity index (χ0v) is 14.9. The van der Waals surface area contributed by atoms with Gasteiger partial charge in [-0.3, -0.25) is 5.43 Å². The molecule has 4 rings (SSSR count). The van der Waals surface area contributed by atoms with Crippen molar-refractivity contribution in [2.45, 2.75) is 0 Å². The molecular formula is C22H17N3S. The first-order chi connectivity index (χ1) is 12.9. The maximum Gasteiger partial charge on any atom is 0.203 e. The van der Waals surface area contributed by atoms with Gasteiger partial charge in [0.15, 0.2) is 0 Å². The molecule has 0 saturated carbocycles. The minimum absolute atomic E-state index is 0.777. The van der Waals surface area contributed by atoms with Gasteiger partial charge >= 0.3 is 0 Å². The van der Waals surface area contributed by atoms with Crippen LogP contribution in [-0.2, 0) is 0 Å². The van der Waals surface area contributed by atoms with Crippen LogP contribution in [-0.4, -0.2) is 11.2 Å². The Kier molecular flexibility index (Phi) is 4.85. The second-order valence-corrected chi connectivity index (χ2v) is 6.62. The highest BCUT2D eigenvalue weighted by molar-refractivity contribution is 7.14. The summed E-state index contributed by atoms with van der Waals surface area (Å²) in [5.74, 6) is 0. The van der Waals surface area contributed by atoms with Gasteiger partial charge < -0.3 is 0 Å². The quantitative estimate of drug-likeness (QED) is 0.356. The SMILES string of the molecule is C(=NNc1nc(-c2ccc(-c3ccccc3)cc2)cs1)c1ccccc1. The summed E-state index contributed by atoms with van der Waals surface area (Å²) < 4.78 is 0. The van der Waals surface area contributed by atoms with Crippen molar-refractivity contribution in [1.82, 2.24) is 4.98 Å². The molecule has 0 aliphatic rings. The third-order valence-electron chi connectivity index (χ3n) is 3.97. The van der Waals surface area contributed by atoms with Crippen LogP contribution in [0.2, 0.25) is 0 Å². The molecule has 0 fully saturated rings. The molecule has 126 valence electrons. The number of hydrazone groups is 1. The Morgan fingerprint density at radius 2 is 1.35 bits per heavy atom. The molecule has 3 aromatic carbocycles. The molecule has 0 amide bonds. The smallest absolute Gasteiger partial charge is 0.203 e. The second-order valence-electron chi connectivity index (χ2n) is 5.76. The number of anilines is 1. The summed E-state index contributed by atoms with van der Waals surface area (Å²) >= 11 is 1.54. The lowest BCUT2D eigenvalue weighted by molar-refractivity contribution is 1.29. The lowest BCUT2D eigenvalue weighted by Crippen LogP contribution is -1.89. The Balaban J connectivity index is 1.45. The van der Waals surface area contributed by atoms with E-state index in [0.717, 1.165) is 22.0 Å². The number of thiazole rings is 1. The third-order valence-corrected chi connectivity index (χ3v) is 4.71. The van der Waals surface area contributed by atoms with Crippen LogP contribution in [0.4, 0.5) is 5.13 Å². The molecule has 4 heteroatoms. The molecule has 0 bridgehead atoms. The van der Waals surface area contributed by atoms with E-state index >= 15 is 0 Å². The van der Waals surface area contributed by atoms with E-state index in [1.54, 1.807) is 17.6 Å². The number of rotatable bonds is 5. The van der Waals surface area contributed by atoms with Gasteiger partial charge in [-0.15, -0.1) is 11.3 Å². The highest BCUT2D eigenvalue weighted by Gasteiger charge is 2.04. The monoisotopic (exact) mass is 355 g/mol. The number of benzene rings is 3. The summed E-state index contributed by atoms with van der Waals surface area (Å²) in [6.45, 7) is 0. The van der Waals surface area contributed by atoms with Gasteiger partial charge in [0.25, 0.3) is 0 Å². The molecule has 0 radical (unpaired) electrons. The van der Waals surface area contributed by atoms with Gasteiger partial charge in [0.2, 0.25) is 5.13 Å². The van der Waals surface area contributed by atoms with Crippen LogP contribution in [0.15, 0.2) is 95.4 Å². The Morgan fingerprint density at radius 1 is 0.731 bits per heavy atom. The van der Waals surface area contributed by atoms with Gasteiger partial charge in [0, 0.05) is 10.9 Å². The topological polar surface area (TPSA) is 37.3 Å². The van der Waals surface area contributed by atoms with E-state index < -0.39 is 0 Å². The fourth-order valence-corrected chi connectivity index (χ4v) is 3.29. The zero-order chi connectivity index (χ0) is 17.6. The van der Waals surface area contributed by atoms with E-state index in [9.17, 15) is 0 Å². The van der Waals surface area contributed by atoms with E-state index in [2.05, 4.69) is 64.0 Å². The summed E-state index contributed by atoms with van der Waals surface area (Å²) in [5.41, 5.74) is 8.52. The Hall–Kier alpha value is -3.24. The minimum Gasteiger partial charge on any atom is -0.253 e. The highest BCUT2D eigenvalue weighted by atomic mass is 32.1. The molecular weight excluding hydrogens is 338 g/mol. The van der Waals surface area contributed by atoms with Crippen LogP contribution in [0.3, 0.4) is 0 Å². The lowest BCUT2D eigenvalue weighted by atomic mass is 10.0. The van der Waals surface area contributed by atoms with E-state index in [0.29, 0.717) is 0 Å². The molecule has 4 aromatic rings. The van der Waals surface area contributed by atoms with Crippen LogP contribution in [0.25, 0.3) is 22.4 Å². The predicted molar refractivity (Wildman–Crippen MR) is 111 cm³/mol. The Bertz CT molecular complexity index is 991. The Morgan fingerprint density at radius 3 is 2.08 bits per heavy atom. The fourth-order valence-electron chi connectivity index (χ4n) is 2.62. The second kappa shape index (κ2) is 7.76. The van der Waals surface area contributed by atoms with Crippen molar-refractivity contribution in [3.63, 3.8) is 0 Å². The maximum absolute atomic E-state index is 4.61. The van der Waals surface area contributed by atoms with Crippen molar-refractivity contribution in [3.8, 4) is 22.4 Å². The molecule has 0 aliphatic heterocycles. The number of nitrogens with one attached hydrogen (secondary N) is 1. The van der Waals surface area contributed by atoms with Crippen molar-refractivity contribution in [1.29, 1.82) is 0 Å². The molecule has 1 aromatic heterocycles. The van der Waals surface area contributed by atoms with Gasteiger partial charge in [-0.25, -0.2) is 4.98 Å². The molecule has 0 saturated heterocycles. The molecule has 0 unspecified atom stereocenters. The number of hydrogen-bond acceptors (Lipinski definition) is 4. The first kappa shape index (κ1) is 16.2. The molecule has 0 atom stereocenters. The molecule has 1 heterocycles. The van der Waals surface area contributed by atoms with Crippen molar-refractivity contribution < 1.29 is 0 Å². The van der Waals surface area contributed by atoms with Gasteiger partial charge in [0.1, 0.15) is 0 Å². The van der Waals surface area contributed by atoms with Crippen LogP contribution in [0, 0.1) is 0 Å². The maximum atomic E-state index is 4.61. The minimum atomic E-state index is 0.777. The standard InChI is InChI=1S/C22H17N3S/c1-3-7-17(8-4-1)15-23-25-22-24-21(16-26-22)20-13-11-19(12-14-20)18-9-5-2-6-10-18/h1-16H,(H,24,25). The molecule has 0 spiro atoms. The van der Waals surface area contributed by atoms with Crippen LogP contribution >= 0.6 is 11.3 Å². The largest absolute Gasteiger partial charge is 0.253 e. The average Bonchev–Trinajstić information content (AvgIpc) is 3.19. The van der Waals surface area contributed by atoms with E-state index in [1.807, 2.05) is 41.8 Å². The molecule has 1 N–H and O–H groups in total. The van der Waals surface area contributed by atoms with Crippen molar-refractivity contribution in [2.24, 2.45) is 5.10 Å². The zero-order valence-electron chi connectivity index (χ0n) is 14.0. The lowest BCUT2D eigenvalue weighted by Gasteiger charge is -2.02. The molecule has 26 heavy (non-hydrogen) atoms. The normalized spacial score (nSPS) is 10.9. The summed E-state index contributed by atoms with van der Waals surface area (Å²) in [6, 6.07) is 28.8. The summed E-state index contributed by atoms with van der Waals surface area (Å²) in [4.78, 5) is 4.61. The number of aromatic nitrogens is 1. The summed E-state index contributed by atoms with van der Waals surface area (Å²) in [7, 11) is 0. The number of hydrogen-bond donors (Lipinski definition) is 1. The van der Waals surface area contributed by atoms with Gasteiger partial charge in [-0.05, 0) is 16.7 Å². The summed E-state index contributed by atoms with van der Waals surface area (Å²) in [5, 5.41) is 7.06. The average molecular weight is 355 g/mol. The predicted octanol–water partition coefficient (Wildman–Crippen LogP) is 5.92. The van der Waals surface area contributed by atoms with Gasteiger partial charge in [0.05, 0.1) is 11.9 Å². The van der Waals surface area contributed by atoms with E-state index in [-0.39, 0.29) is 0 Å². The van der Waals surface area contributed by atoms with E-state index in [4.69, 9.17) is 0 Å². The van der Waals surface area contributed by atoms with Crippen LogP contribution in [0.5, 0.6) is 0 Å². The van der Waals surface area contributed by atoms with Crippen molar-refractivity contribution in [2.75, 3.05) is 5.43 Å². The first-order valence-electron chi connectivity index (χ1n) is 8.34. The molecule has 3 nitrogen and oxygen atoms in total. The number of nitrogens with zero attached hydrogens (tertiary/aromatic N) is 2. The van der Waals surface area contributed by atoms with E-state index in [1.165, 1.54) is 11.1 Å². The van der Waals surface area contributed by atoms with Gasteiger partial charge in [-0.1, -0.05) is 84.9 Å². The van der Waals surface area contributed by atoms with Crippen molar-refractivity contribution >= 4 is 22.7 Å². The first-order valence-corrected chi connectivity index (χ1v) is 9.22. The van der Waals surface area contributed by atoms with Gasteiger partial charge in [-0.2, -0.15) is 5.10 Å². The highest BCUT2D eigenvalue weighted by Crippen LogP contribution is 2.27. The molecule has 0 aliphatic carbocycles. The third kappa shape index (κ3) is 3.87. The summed E-state index contributed by atoms with van der Waals surface area (Å²) in [6.07, 6.45) is 1.79. The Labute approximate surface area is 156 Å². The van der Waals surface area contributed by atoms with Crippen LogP contribution in [0.1, 0.15) is 5.56 Å². The van der Waals surface area contributed by atoms with Crippen molar-refractivity contribution in [3.05, 3.63) is 95.9 Å². The fraction of sp³-hybridized carbons (Fsp3) is 0. The van der Waals surface area contributed by atoms with Crippen LogP contribution < -0.4 is 5.43 Å².